The van der Waals surface area contributed by atoms with Crippen LogP contribution < -0.4 is 0 Å². The van der Waals surface area contributed by atoms with Gasteiger partial charge in [-0.3, -0.25) is 4.18 Å². The fourth-order valence-electron chi connectivity index (χ4n) is 5.99. The van der Waals surface area contributed by atoms with Gasteiger partial charge in [0.05, 0.1) is 12.2 Å². The fraction of sp³-hybridized carbons (Fsp3) is 0.571. The molecule has 1 aromatic rings. The standard InChI is InChI=1S/C21H26O5S/c1-2-19(22)25-15-20-9-17-8-18(10-20)12-21(11-17,14-20)26-27(23,24)13-16-6-4-3-5-7-16/h2-7,17-18H,1,8-15H2. The van der Waals surface area contributed by atoms with Gasteiger partial charge in [0.2, 0.25) is 0 Å². The zero-order valence-electron chi connectivity index (χ0n) is 15.4. The van der Waals surface area contributed by atoms with Gasteiger partial charge in [-0.2, -0.15) is 8.42 Å². The van der Waals surface area contributed by atoms with Gasteiger partial charge >= 0.3 is 5.97 Å². The lowest BCUT2D eigenvalue weighted by atomic mass is 9.48. The van der Waals surface area contributed by atoms with Crippen LogP contribution in [0.2, 0.25) is 0 Å². The third kappa shape index (κ3) is 3.97. The molecule has 0 amide bonds. The van der Waals surface area contributed by atoms with Crippen molar-refractivity contribution in [2.24, 2.45) is 17.3 Å². The van der Waals surface area contributed by atoms with Crippen molar-refractivity contribution in [3.8, 4) is 0 Å². The second-order valence-corrected chi connectivity index (χ2v) is 10.3. The monoisotopic (exact) mass is 390 g/mol. The molecule has 4 fully saturated rings. The average Bonchev–Trinajstić information content (AvgIpc) is 2.58. The quantitative estimate of drug-likeness (QED) is 0.404. The topological polar surface area (TPSA) is 69.7 Å². The summed E-state index contributed by atoms with van der Waals surface area (Å²) in [4.78, 5) is 11.5. The van der Waals surface area contributed by atoms with Crippen LogP contribution >= 0.6 is 0 Å². The van der Waals surface area contributed by atoms with Crippen molar-refractivity contribution in [3.63, 3.8) is 0 Å². The van der Waals surface area contributed by atoms with E-state index in [1.165, 1.54) is 6.08 Å². The molecular weight excluding hydrogens is 364 g/mol. The van der Waals surface area contributed by atoms with Gasteiger partial charge in [-0.05, 0) is 55.9 Å². The van der Waals surface area contributed by atoms with Crippen LogP contribution in [0.5, 0.6) is 0 Å². The summed E-state index contributed by atoms with van der Waals surface area (Å²) in [6.07, 6.45) is 6.49. The Morgan fingerprint density at radius 3 is 2.44 bits per heavy atom. The minimum absolute atomic E-state index is 0.108. The van der Waals surface area contributed by atoms with E-state index in [0.717, 1.165) is 37.7 Å². The molecule has 27 heavy (non-hydrogen) atoms. The molecule has 0 saturated heterocycles. The van der Waals surface area contributed by atoms with Crippen LogP contribution in [-0.2, 0) is 29.6 Å². The van der Waals surface area contributed by atoms with Crippen molar-refractivity contribution < 1.29 is 22.1 Å². The van der Waals surface area contributed by atoms with Crippen LogP contribution in [0.4, 0.5) is 0 Å². The van der Waals surface area contributed by atoms with E-state index in [1.807, 2.05) is 18.2 Å². The number of esters is 1. The maximum atomic E-state index is 12.8. The lowest BCUT2D eigenvalue weighted by molar-refractivity contribution is -0.174. The minimum Gasteiger partial charge on any atom is -0.462 e. The maximum Gasteiger partial charge on any atom is 0.330 e. The van der Waals surface area contributed by atoms with Crippen molar-refractivity contribution in [3.05, 3.63) is 48.6 Å². The molecule has 0 radical (unpaired) electrons. The highest BCUT2D eigenvalue weighted by Gasteiger charge is 2.60. The van der Waals surface area contributed by atoms with E-state index in [-0.39, 0.29) is 11.2 Å². The number of hydrogen-bond acceptors (Lipinski definition) is 5. The first kappa shape index (κ1) is 18.7. The second kappa shape index (κ2) is 6.74. The number of carbonyl (C=O) groups is 1. The molecule has 0 aromatic heterocycles. The highest BCUT2D eigenvalue weighted by molar-refractivity contribution is 7.85. The van der Waals surface area contributed by atoms with E-state index in [1.54, 1.807) is 12.1 Å². The molecule has 5 rings (SSSR count). The van der Waals surface area contributed by atoms with E-state index >= 15 is 0 Å². The third-order valence-corrected chi connectivity index (χ3v) is 7.60. The third-order valence-electron chi connectivity index (χ3n) is 6.31. The lowest BCUT2D eigenvalue weighted by Crippen LogP contribution is -2.58. The van der Waals surface area contributed by atoms with Crippen LogP contribution in [0.1, 0.15) is 44.1 Å². The van der Waals surface area contributed by atoms with Gasteiger partial charge in [-0.25, -0.2) is 4.79 Å². The first-order chi connectivity index (χ1) is 12.8. The Bertz CT molecular complexity index is 815. The highest BCUT2D eigenvalue weighted by atomic mass is 32.2. The molecule has 4 saturated carbocycles. The Hall–Kier alpha value is -1.66. The Morgan fingerprint density at radius 1 is 1.15 bits per heavy atom. The molecule has 0 spiro atoms. The smallest absolute Gasteiger partial charge is 0.330 e. The van der Waals surface area contributed by atoms with Gasteiger partial charge in [-0.15, -0.1) is 0 Å². The molecule has 4 bridgehead atoms. The summed E-state index contributed by atoms with van der Waals surface area (Å²) in [5, 5.41) is 0. The Kier molecular flexibility index (Phi) is 4.67. The average molecular weight is 391 g/mol. The number of benzene rings is 1. The second-order valence-electron chi connectivity index (χ2n) is 8.73. The predicted molar refractivity (Wildman–Crippen MR) is 101 cm³/mol. The van der Waals surface area contributed by atoms with Crippen LogP contribution in [0, 0.1) is 17.3 Å². The summed E-state index contributed by atoms with van der Waals surface area (Å²) in [5.74, 6) is 0.363. The molecule has 146 valence electrons. The first-order valence-electron chi connectivity index (χ1n) is 9.58. The van der Waals surface area contributed by atoms with Gasteiger partial charge < -0.3 is 4.74 Å². The van der Waals surface area contributed by atoms with Gasteiger partial charge in [0, 0.05) is 11.5 Å². The van der Waals surface area contributed by atoms with Crippen molar-refractivity contribution in [1.82, 2.24) is 0 Å². The lowest BCUT2D eigenvalue weighted by Gasteiger charge is -2.60. The zero-order chi connectivity index (χ0) is 19.1. The molecule has 0 heterocycles. The molecule has 5 nitrogen and oxygen atoms in total. The Balaban J connectivity index is 1.52. The molecule has 1 aromatic carbocycles. The van der Waals surface area contributed by atoms with E-state index in [2.05, 4.69) is 6.58 Å². The minimum atomic E-state index is -3.68. The molecule has 4 aliphatic rings. The van der Waals surface area contributed by atoms with Crippen molar-refractivity contribution >= 4 is 16.1 Å². The van der Waals surface area contributed by atoms with Crippen LogP contribution in [0.25, 0.3) is 0 Å². The largest absolute Gasteiger partial charge is 0.462 e. The summed E-state index contributed by atoms with van der Waals surface area (Å²) in [7, 11) is -3.68. The van der Waals surface area contributed by atoms with Gasteiger partial charge in [0.1, 0.15) is 5.75 Å². The summed E-state index contributed by atoms with van der Waals surface area (Å²) in [6, 6.07) is 9.13. The highest BCUT2D eigenvalue weighted by Crippen LogP contribution is 2.63. The van der Waals surface area contributed by atoms with Crippen LogP contribution in [0.15, 0.2) is 43.0 Å². The van der Waals surface area contributed by atoms with Crippen LogP contribution in [-0.4, -0.2) is 26.6 Å². The van der Waals surface area contributed by atoms with Crippen molar-refractivity contribution in [1.29, 1.82) is 0 Å². The maximum absolute atomic E-state index is 12.8. The SMILES string of the molecule is C=CC(=O)OCC12CC3CC(C1)CC(OS(=O)(=O)Cc1ccccc1)(C3)C2. The molecule has 0 N–H and O–H groups in total. The number of hydrogen-bond donors (Lipinski definition) is 0. The van der Waals surface area contributed by atoms with E-state index in [0.29, 0.717) is 24.9 Å². The summed E-state index contributed by atoms with van der Waals surface area (Å²) < 4.78 is 36.9. The van der Waals surface area contributed by atoms with Gasteiger partial charge in [0.25, 0.3) is 10.1 Å². The molecule has 6 heteroatoms. The van der Waals surface area contributed by atoms with Crippen molar-refractivity contribution in [2.45, 2.75) is 49.9 Å². The number of rotatable bonds is 7. The molecule has 0 aliphatic heterocycles. The number of carbonyl (C=O) groups excluding carboxylic acids is 1. The molecule has 2 unspecified atom stereocenters. The van der Waals surface area contributed by atoms with E-state index < -0.39 is 21.7 Å². The summed E-state index contributed by atoms with van der Waals surface area (Å²) >= 11 is 0. The molecule has 2 atom stereocenters. The summed E-state index contributed by atoms with van der Waals surface area (Å²) in [5.41, 5.74) is -0.0691. The molecule has 4 aliphatic carbocycles. The van der Waals surface area contributed by atoms with Gasteiger partial charge in [-0.1, -0.05) is 36.9 Å². The van der Waals surface area contributed by atoms with Crippen LogP contribution in [0.3, 0.4) is 0 Å². The normalized spacial score (nSPS) is 34.4. The first-order valence-corrected chi connectivity index (χ1v) is 11.2. The number of ether oxygens (including phenoxy) is 1. The Morgan fingerprint density at radius 2 is 1.81 bits per heavy atom. The van der Waals surface area contributed by atoms with E-state index in [9.17, 15) is 13.2 Å². The summed E-state index contributed by atoms with van der Waals surface area (Å²) in [6.45, 7) is 3.78. The predicted octanol–water partition coefficient (Wildman–Crippen LogP) is 3.60. The van der Waals surface area contributed by atoms with Gasteiger partial charge in [0.15, 0.2) is 0 Å². The van der Waals surface area contributed by atoms with Crippen molar-refractivity contribution in [2.75, 3.05) is 6.61 Å². The molecular formula is C21H26O5S. The van der Waals surface area contributed by atoms with E-state index in [4.69, 9.17) is 8.92 Å². The fourth-order valence-corrected chi connectivity index (χ4v) is 7.38. The zero-order valence-corrected chi connectivity index (χ0v) is 16.2. The Labute approximate surface area is 160 Å².